The molecule has 0 aliphatic carbocycles. The van der Waals surface area contributed by atoms with Gasteiger partial charge in [-0.1, -0.05) is 13.0 Å². The minimum absolute atomic E-state index is 0.246. The molecule has 1 aromatic rings. The van der Waals surface area contributed by atoms with Crippen LogP contribution >= 0.6 is 15.9 Å². The summed E-state index contributed by atoms with van der Waals surface area (Å²) in [5.74, 6) is -0.246. The molecule has 0 radical (unpaired) electrons. The van der Waals surface area contributed by atoms with Crippen LogP contribution in [-0.2, 0) is 17.6 Å². The highest BCUT2D eigenvalue weighted by Gasteiger charge is 2.07. The Balaban J connectivity index is 3.00. The van der Waals surface area contributed by atoms with Crippen LogP contribution in [-0.4, -0.2) is 6.29 Å². The normalized spacial score (nSPS) is 10.2. The zero-order valence-electron chi connectivity index (χ0n) is 8.02. The molecular weight excluding hydrogens is 247 g/mol. The molecular formula is C11H12BrFO. The van der Waals surface area contributed by atoms with Crippen LogP contribution in [0.25, 0.3) is 0 Å². The average Bonchev–Trinajstić information content (AvgIpc) is 2.20. The van der Waals surface area contributed by atoms with E-state index < -0.39 is 0 Å². The molecule has 1 nitrogen and oxygen atoms in total. The van der Waals surface area contributed by atoms with Gasteiger partial charge in [0.2, 0.25) is 0 Å². The first-order valence-corrected chi connectivity index (χ1v) is 5.38. The number of hydrogen-bond acceptors (Lipinski definition) is 1. The van der Waals surface area contributed by atoms with Crippen molar-refractivity contribution in [2.45, 2.75) is 26.2 Å². The number of carbonyl (C=O) groups excluding carboxylic acids is 1. The van der Waals surface area contributed by atoms with Crippen molar-refractivity contribution in [1.29, 1.82) is 0 Å². The summed E-state index contributed by atoms with van der Waals surface area (Å²) in [6, 6.07) is 3.60. The van der Waals surface area contributed by atoms with Crippen molar-refractivity contribution in [3.05, 3.63) is 33.5 Å². The van der Waals surface area contributed by atoms with E-state index in [1.165, 1.54) is 0 Å². The van der Waals surface area contributed by atoms with Crippen molar-refractivity contribution < 1.29 is 9.18 Å². The highest BCUT2D eigenvalue weighted by Crippen LogP contribution is 2.22. The van der Waals surface area contributed by atoms with Crippen LogP contribution in [0.4, 0.5) is 4.39 Å². The summed E-state index contributed by atoms with van der Waals surface area (Å²) >= 11 is 3.17. The summed E-state index contributed by atoms with van der Waals surface area (Å²) < 4.78 is 14.0. The molecule has 0 bridgehead atoms. The summed E-state index contributed by atoms with van der Waals surface area (Å²) in [6.45, 7) is 2.02. The monoisotopic (exact) mass is 258 g/mol. The fourth-order valence-corrected chi connectivity index (χ4v) is 1.86. The SMILES string of the molecule is CCc1cc(Br)c(F)c(CCC=O)c1. The number of aryl methyl sites for hydroxylation is 2. The molecule has 0 unspecified atom stereocenters. The van der Waals surface area contributed by atoms with Crippen molar-refractivity contribution >= 4 is 22.2 Å². The van der Waals surface area contributed by atoms with Crippen LogP contribution in [0.15, 0.2) is 16.6 Å². The number of halogens is 2. The van der Waals surface area contributed by atoms with Crippen LogP contribution in [0.2, 0.25) is 0 Å². The summed E-state index contributed by atoms with van der Waals surface area (Å²) in [5.41, 5.74) is 1.70. The molecule has 0 aliphatic heterocycles. The Hall–Kier alpha value is -0.700. The Kier molecular flexibility index (Phi) is 4.26. The lowest BCUT2D eigenvalue weighted by Crippen LogP contribution is -1.95. The van der Waals surface area contributed by atoms with Crippen LogP contribution in [0.1, 0.15) is 24.5 Å². The van der Waals surface area contributed by atoms with Crippen molar-refractivity contribution in [3.8, 4) is 0 Å². The molecule has 1 aromatic carbocycles. The lowest BCUT2D eigenvalue weighted by Gasteiger charge is -2.06. The molecule has 0 amide bonds. The van der Waals surface area contributed by atoms with Gasteiger partial charge in [-0.15, -0.1) is 0 Å². The molecule has 0 aromatic heterocycles. The fourth-order valence-electron chi connectivity index (χ4n) is 1.31. The third-order valence-corrected chi connectivity index (χ3v) is 2.68. The highest BCUT2D eigenvalue weighted by molar-refractivity contribution is 9.10. The Morgan fingerprint density at radius 3 is 2.79 bits per heavy atom. The Morgan fingerprint density at radius 2 is 2.21 bits per heavy atom. The van der Waals surface area contributed by atoms with Crippen LogP contribution in [0, 0.1) is 5.82 Å². The second-order valence-corrected chi connectivity index (χ2v) is 3.96. The minimum atomic E-state index is -0.246. The summed E-state index contributed by atoms with van der Waals surface area (Å²) in [4.78, 5) is 10.2. The second-order valence-electron chi connectivity index (χ2n) is 3.11. The number of benzene rings is 1. The third-order valence-electron chi connectivity index (χ3n) is 2.10. The zero-order valence-corrected chi connectivity index (χ0v) is 9.60. The topological polar surface area (TPSA) is 17.1 Å². The fraction of sp³-hybridized carbons (Fsp3) is 0.364. The van der Waals surface area contributed by atoms with E-state index in [1.807, 2.05) is 13.0 Å². The number of aldehydes is 1. The maximum atomic E-state index is 13.5. The summed E-state index contributed by atoms with van der Waals surface area (Å²) in [7, 11) is 0. The van der Waals surface area contributed by atoms with Crippen molar-refractivity contribution in [2.75, 3.05) is 0 Å². The van der Waals surface area contributed by atoms with Gasteiger partial charge in [-0.2, -0.15) is 0 Å². The van der Waals surface area contributed by atoms with E-state index >= 15 is 0 Å². The van der Waals surface area contributed by atoms with Gasteiger partial charge >= 0.3 is 0 Å². The molecule has 0 aliphatic rings. The van der Waals surface area contributed by atoms with Crippen molar-refractivity contribution in [1.82, 2.24) is 0 Å². The van der Waals surface area contributed by atoms with Crippen molar-refractivity contribution in [3.63, 3.8) is 0 Å². The highest BCUT2D eigenvalue weighted by atomic mass is 79.9. The van der Waals surface area contributed by atoms with Crippen LogP contribution in [0.3, 0.4) is 0 Å². The molecule has 14 heavy (non-hydrogen) atoms. The van der Waals surface area contributed by atoms with Gasteiger partial charge in [0.25, 0.3) is 0 Å². The number of carbonyl (C=O) groups is 1. The van der Waals surface area contributed by atoms with Crippen LogP contribution < -0.4 is 0 Å². The van der Waals surface area contributed by atoms with Gasteiger partial charge < -0.3 is 4.79 Å². The molecule has 0 heterocycles. The molecule has 0 fully saturated rings. The molecule has 0 saturated carbocycles. The van der Waals surface area contributed by atoms with Crippen molar-refractivity contribution in [2.24, 2.45) is 0 Å². The van der Waals surface area contributed by atoms with E-state index in [0.717, 1.165) is 18.3 Å². The predicted molar refractivity (Wildman–Crippen MR) is 57.9 cm³/mol. The molecule has 0 atom stereocenters. The first-order valence-electron chi connectivity index (χ1n) is 4.59. The first kappa shape index (κ1) is 11.4. The molecule has 1 rings (SSSR count). The maximum Gasteiger partial charge on any atom is 0.140 e. The number of rotatable bonds is 4. The van der Waals surface area contributed by atoms with Gasteiger partial charge in [0, 0.05) is 6.42 Å². The molecule has 76 valence electrons. The largest absolute Gasteiger partial charge is 0.303 e. The molecule has 0 spiro atoms. The first-order chi connectivity index (χ1) is 6.69. The standard InChI is InChI=1S/C11H12BrFO/c1-2-8-6-9(4-3-5-14)11(13)10(12)7-8/h5-7H,2-4H2,1H3. The Labute approximate surface area is 91.5 Å². The van der Waals surface area contributed by atoms with Gasteiger partial charge in [0.1, 0.15) is 12.1 Å². The zero-order chi connectivity index (χ0) is 10.6. The van der Waals surface area contributed by atoms with Gasteiger partial charge in [0.05, 0.1) is 4.47 Å². The molecule has 3 heteroatoms. The Bertz CT molecular complexity index is 336. The van der Waals surface area contributed by atoms with Gasteiger partial charge in [-0.3, -0.25) is 0 Å². The van der Waals surface area contributed by atoms with E-state index in [1.54, 1.807) is 6.07 Å². The predicted octanol–water partition coefficient (Wildman–Crippen LogP) is 3.28. The quantitative estimate of drug-likeness (QED) is 0.758. The van der Waals surface area contributed by atoms with Gasteiger partial charge in [-0.25, -0.2) is 4.39 Å². The third kappa shape index (κ3) is 2.64. The maximum absolute atomic E-state index is 13.5. The van der Waals surface area contributed by atoms with Gasteiger partial charge in [0.15, 0.2) is 0 Å². The smallest absolute Gasteiger partial charge is 0.140 e. The number of hydrogen-bond donors (Lipinski definition) is 0. The lowest BCUT2D eigenvalue weighted by molar-refractivity contribution is -0.107. The van der Waals surface area contributed by atoms with E-state index in [4.69, 9.17) is 0 Å². The van der Waals surface area contributed by atoms with E-state index in [0.29, 0.717) is 22.9 Å². The summed E-state index contributed by atoms with van der Waals surface area (Å²) in [5, 5.41) is 0. The van der Waals surface area contributed by atoms with E-state index in [2.05, 4.69) is 15.9 Å². The second kappa shape index (κ2) is 5.25. The Morgan fingerprint density at radius 1 is 1.50 bits per heavy atom. The van der Waals surface area contributed by atoms with Crippen LogP contribution in [0.5, 0.6) is 0 Å². The molecule has 0 N–H and O–H groups in total. The van der Waals surface area contributed by atoms with E-state index in [-0.39, 0.29) is 5.82 Å². The summed E-state index contributed by atoms with van der Waals surface area (Å²) in [6.07, 6.45) is 2.53. The van der Waals surface area contributed by atoms with E-state index in [9.17, 15) is 9.18 Å². The average molecular weight is 259 g/mol. The minimum Gasteiger partial charge on any atom is -0.303 e. The van der Waals surface area contributed by atoms with Gasteiger partial charge in [-0.05, 0) is 46.0 Å². The lowest BCUT2D eigenvalue weighted by atomic mass is 10.0. The molecule has 0 saturated heterocycles.